The summed E-state index contributed by atoms with van der Waals surface area (Å²) in [6.45, 7) is 0. The molecule has 18 heavy (non-hydrogen) atoms. The molecule has 1 aromatic rings. The first-order chi connectivity index (χ1) is 8.12. The van der Waals surface area contributed by atoms with Gasteiger partial charge in [-0.3, -0.25) is 0 Å². The summed E-state index contributed by atoms with van der Waals surface area (Å²) in [5, 5.41) is 10.3. The number of carboxylic acids is 1. The zero-order valence-electron chi connectivity index (χ0n) is 10.9. The summed E-state index contributed by atoms with van der Waals surface area (Å²) in [7, 11) is 4.48. The number of methoxy groups -OCH3 is 3. The van der Waals surface area contributed by atoms with Crippen LogP contribution < -0.4 is 48.9 Å². The van der Waals surface area contributed by atoms with E-state index in [-0.39, 0.29) is 29.6 Å². The number of benzene rings is 1. The minimum absolute atomic E-state index is 0. The maximum absolute atomic E-state index is 10.3. The van der Waals surface area contributed by atoms with Gasteiger partial charge in [-0.1, -0.05) is 6.08 Å². The van der Waals surface area contributed by atoms with E-state index < -0.39 is 5.97 Å². The standard InChI is InChI=1S/C12H14O5.Na/c1-15-9-6-8(4-5-11(13)14)7-10(16-2)12(9)17-3;/h4-7H,1-3H3,(H,13,14);/q;+1/p-1. The van der Waals surface area contributed by atoms with Gasteiger partial charge in [0.25, 0.3) is 0 Å². The molecule has 0 spiro atoms. The zero-order chi connectivity index (χ0) is 12.8. The Bertz CT molecular complexity index is 417. The molecule has 0 saturated carbocycles. The third kappa shape index (κ3) is 4.25. The van der Waals surface area contributed by atoms with Crippen molar-refractivity contribution in [2.24, 2.45) is 0 Å². The van der Waals surface area contributed by atoms with E-state index in [0.29, 0.717) is 22.8 Å². The first kappa shape index (κ1) is 16.8. The van der Waals surface area contributed by atoms with Crippen molar-refractivity contribution in [2.45, 2.75) is 0 Å². The number of hydrogen-bond donors (Lipinski definition) is 0. The summed E-state index contributed by atoms with van der Waals surface area (Å²) in [5.74, 6) is 0.119. The van der Waals surface area contributed by atoms with Crippen LogP contribution in [0.25, 0.3) is 6.08 Å². The molecule has 0 aliphatic carbocycles. The third-order valence-corrected chi connectivity index (χ3v) is 2.10. The largest absolute Gasteiger partial charge is 1.00 e. The molecule has 5 nitrogen and oxygen atoms in total. The molecule has 0 atom stereocenters. The quantitative estimate of drug-likeness (QED) is 0.432. The van der Waals surface area contributed by atoms with Crippen LogP contribution in [0.2, 0.25) is 0 Å². The molecule has 0 bridgehead atoms. The van der Waals surface area contributed by atoms with E-state index in [4.69, 9.17) is 14.2 Å². The number of ether oxygens (including phenoxy) is 3. The fraction of sp³-hybridized carbons (Fsp3) is 0.250. The Morgan fingerprint density at radius 2 is 1.61 bits per heavy atom. The predicted octanol–water partition coefficient (Wildman–Crippen LogP) is -2.52. The number of carbonyl (C=O) groups excluding carboxylic acids is 1. The average Bonchev–Trinajstić information content (AvgIpc) is 2.34. The van der Waals surface area contributed by atoms with Gasteiger partial charge in [0.15, 0.2) is 11.5 Å². The summed E-state index contributed by atoms with van der Waals surface area (Å²) in [5.41, 5.74) is 0.615. The summed E-state index contributed by atoms with van der Waals surface area (Å²) in [4.78, 5) is 10.3. The molecule has 6 heteroatoms. The van der Waals surface area contributed by atoms with Gasteiger partial charge in [0.05, 0.1) is 27.3 Å². The van der Waals surface area contributed by atoms with Crippen molar-refractivity contribution in [1.82, 2.24) is 0 Å². The van der Waals surface area contributed by atoms with Crippen molar-refractivity contribution in [3.05, 3.63) is 23.8 Å². The maximum atomic E-state index is 10.3. The molecule has 0 heterocycles. The van der Waals surface area contributed by atoms with Gasteiger partial charge in [-0.2, -0.15) is 0 Å². The van der Waals surface area contributed by atoms with Crippen LogP contribution in [0.5, 0.6) is 17.2 Å². The van der Waals surface area contributed by atoms with Crippen molar-refractivity contribution in [3.8, 4) is 17.2 Å². The van der Waals surface area contributed by atoms with Crippen molar-refractivity contribution in [2.75, 3.05) is 21.3 Å². The maximum Gasteiger partial charge on any atom is 1.00 e. The van der Waals surface area contributed by atoms with Crippen molar-refractivity contribution in [1.29, 1.82) is 0 Å². The van der Waals surface area contributed by atoms with Crippen LogP contribution in [0.4, 0.5) is 0 Å². The van der Waals surface area contributed by atoms with Crippen LogP contribution in [0.1, 0.15) is 5.56 Å². The van der Waals surface area contributed by atoms with Gasteiger partial charge in [-0.25, -0.2) is 0 Å². The molecule has 92 valence electrons. The fourth-order valence-electron chi connectivity index (χ4n) is 1.36. The van der Waals surface area contributed by atoms with Crippen LogP contribution >= 0.6 is 0 Å². The van der Waals surface area contributed by atoms with Crippen molar-refractivity contribution >= 4 is 12.0 Å². The van der Waals surface area contributed by atoms with E-state index in [9.17, 15) is 9.90 Å². The predicted molar refractivity (Wildman–Crippen MR) is 60.1 cm³/mol. The van der Waals surface area contributed by atoms with Crippen molar-refractivity contribution < 1.29 is 53.7 Å². The first-order valence-electron chi connectivity index (χ1n) is 4.81. The molecule has 0 aromatic heterocycles. The van der Waals surface area contributed by atoms with Gasteiger partial charge in [-0.15, -0.1) is 0 Å². The Hall–Kier alpha value is -1.17. The Kier molecular flexibility index (Phi) is 7.50. The zero-order valence-corrected chi connectivity index (χ0v) is 12.9. The minimum Gasteiger partial charge on any atom is -0.545 e. The Labute approximate surface area is 128 Å². The van der Waals surface area contributed by atoms with Crippen LogP contribution in [-0.4, -0.2) is 27.3 Å². The van der Waals surface area contributed by atoms with Crippen LogP contribution in [0.15, 0.2) is 18.2 Å². The molecular formula is C12H13NaO5. The van der Waals surface area contributed by atoms with E-state index in [1.54, 1.807) is 12.1 Å². The molecule has 0 radical (unpaired) electrons. The van der Waals surface area contributed by atoms with Gasteiger partial charge in [0, 0.05) is 0 Å². The second-order valence-corrected chi connectivity index (χ2v) is 3.11. The van der Waals surface area contributed by atoms with Gasteiger partial charge < -0.3 is 24.1 Å². The normalized spacial score (nSPS) is 9.72. The molecule has 0 aliphatic heterocycles. The second kappa shape index (κ2) is 8.02. The SMILES string of the molecule is COc1cc(C=CC(=O)[O-])cc(OC)c1OC.[Na+]. The van der Waals surface area contributed by atoms with Gasteiger partial charge >= 0.3 is 29.6 Å². The second-order valence-electron chi connectivity index (χ2n) is 3.11. The van der Waals surface area contributed by atoms with Gasteiger partial charge in [0.2, 0.25) is 5.75 Å². The Morgan fingerprint density at radius 3 is 1.94 bits per heavy atom. The molecule has 0 aliphatic rings. The smallest absolute Gasteiger partial charge is 0.545 e. The summed E-state index contributed by atoms with van der Waals surface area (Å²) in [6.07, 6.45) is 2.32. The van der Waals surface area contributed by atoms with E-state index in [1.165, 1.54) is 27.4 Å². The summed E-state index contributed by atoms with van der Waals surface area (Å²) in [6, 6.07) is 3.28. The van der Waals surface area contributed by atoms with Gasteiger partial charge in [0.1, 0.15) is 0 Å². The molecule has 1 rings (SSSR count). The Balaban J connectivity index is 0.00000289. The molecule has 0 amide bonds. The topological polar surface area (TPSA) is 67.8 Å². The number of aliphatic carboxylic acids is 1. The number of carboxylic acid groups (broad SMARTS) is 1. The Morgan fingerprint density at radius 1 is 1.11 bits per heavy atom. The average molecular weight is 260 g/mol. The van der Waals surface area contributed by atoms with E-state index in [1.807, 2.05) is 0 Å². The number of hydrogen-bond acceptors (Lipinski definition) is 5. The molecule has 0 fully saturated rings. The molecule has 1 aromatic carbocycles. The van der Waals surface area contributed by atoms with Crippen LogP contribution in [0.3, 0.4) is 0 Å². The third-order valence-electron chi connectivity index (χ3n) is 2.10. The first-order valence-corrected chi connectivity index (χ1v) is 4.81. The molecule has 0 saturated heterocycles. The van der Waals surface area contributed by atoms with E-state index in [0.717, 1.165) is 6.08 Å². The summed E-state index contributed by atoms with van der Waals surface area (Å²) < 4.78 is 15.4. The van der Waals surface area contributed by atoms with Crippen LogP contribution in [-0.2, 0) is 4.79 Å². The van der Waals surface area contributed by atoms with Crippen LogP contribution in [0, 0.1) is 0 Å². The monoisotopic (exact) mass is 260 g/mol. The fourth-order valence-corrected chi connectivity index (χ4v) is 1.36. The number of rotatable bonds is 5. The molecule has 0 N–H and O–H groups in total. The number of carbonyl (C=O) groups is 1. The van der Waals surface area contributed by atoms with E-state index in [2.05, 4.69) is 0 Å². The summed E-state index contributed by atoms with van der Waals surface area (Å²) >= 11 is 0. The minimum atomic E-state index is -1.27. The van der Waals surface area contributed by atoms with Gasteiger partial charge in [-0.05, 0) is 23.8 Å². The van der Waals surface area contributed by atoms with E-state index >= 15 is 0 Å². The van der Waals surface area contributed by atoms with Crippen molar-refractivity contribution in [3.63, 3.8) is 0 Å². The molecule has 0 unspecified atom stereocenters. The molecular weight excluding hydrogens is 247 g/mol.